The second-order valence-corrected chi connectivity index (χ2v) is 5.17. The van der Waals surface area contributed by atoms with E-state index < -0.39 is 5.97 Å². The van der Waals surface area contributed by atoms with Gasteiger partial charge in [-0.25, -0.2) is 4.79 Å². The van der Waals surface area contributed by atoms with Gasteiger partial charge in [0.2, 0.25) is 5.95 Å². The van der Waals surface area contributed by atoms with Gasteiger partial charge in [-0.1, -0.05) is 24.3 Å². The van der Waals surface area contributed by atoms with E-state index in [2.05, 4.69) is 16.9 Å². The fourth-order valence-corrected chi connectivity index (χ4v) is 2.49. The van der Waals surface area contributed by atoms with E-state index in [0.29, 0.717) is 23.6 Å². The molecular weight excluding hydrogens is 306 g/mol. The lowest BCUT2D eigenvalue weighted by Gasteiger charge is -2.15. The van der Waals surface area contributed by atoms with Crippen LogP contribution in [-0.2, 0) is 6.54 Å². The maximum Gasteiger partial charge on any atom is 0.335 e. The van der Waals surface area contributed by atoms with Crippen LogP contribution in [0.2, 0.25) is 0 Å². The highest BCUT2D eigenvalue weighted by Gasteiger charge is 2.11. The molecule has 3 rings (SSSR count). The zero-order valence-corrected chi connectivity index (χ0v) is 12.8. The van der Waals surface area contributed by atoms with Crippen molar-refractivity contribution in [3.05, 3.63) is 77.1 Å². The number of hydrogen-bond acceptors (Lipinski definition) is 4. The molecule has 120 valence electrons. The van der Waals surface area contributed by atoms with Gasteiger partial charge >= 0.3 is 5.97 Å². The third kappa shape index (κ3) is 2.89. The SMILES string of the molecule is C=CCn1c(Nc2cccc(C(=O)O)c2)nc(=O)c2ccccc21. The van der Waals surface area contributed by atoms with Gasteiger partial charge in [-0.3, -0.25) is 4.79 Å². The Labute approximate surface area is 137 Å². The predicted molar refractivity (Wildman–Crippen MR) is 92.9 cm³/mol. The lowest BCUT2D eigenvalue weighted by atomic mass is 10.2. The maximum atomic E-state index is 12.2. The molecule has 6 heteroatoms. The Morgan fingerprint density at radius 2 is 2.04 bits per heavy atom. The highest BCUT2D eigenvalue weighted by Crippen LogP contribution is 2.19. The number of allylic oxidation sites excluding steroid dienone is 1. The molecule has 0 saturated heterocycles. The molecule has 0 aliphatic heterocycles. The number of nitrogens with one attached hydrogen (secondary N) is 1. The number of anilines is 2. The van der Waals surface area contributed by atoms with Crippen molar-refractivity contribution in [3.8, 4) is 0 Å². The molecule has 0 radical (unpaired) electrons. The molecule has 2 N–H and O–H groups in total. The standard InChI is InChI=1S/C18H15N3O3/c1-2-10-21-15-9-4-3-8-14(15)16(22)20-18(21)19-13-7-5-6-12(11-13)17(23)24/h2-9,11H,1,10H2,(H,23,24)(H,19,20,22). The van der Waals surface area contributed by atoms with E-state index in [9.17, 15) is 9.59 Å². The van der Waals surface area contributed by atoms with Crippen LogP contribution in [0, 0.1) is 0 Å². The van der Waals surface area contributed by atoms with Gasteiger partial charge in [-0.15, -0.1) is 6.58 Å². The molecule has 0 unspecified atom stereocenters. The summed E-state index contributed by atoms with van der Waals surface area (Å²) in [5.74, 6) is -0.685. The molecule has 0 spiro atoms. The van der Waals surface area contributed by atoms with Crippen LogP contribution in [0.5, 0.6) is 0 Å². The summed E-state index contributed by atoms with van der Waals surface area (Å²) in [4.78, 5) is 27.4. The van der Waals surface area contributed by atoms with Crippen LogP contribution >= 0.6 is 0 Å². The number of para-hydroxylation sites is 1. The Hall–Kier alpha value is -3.41. The van der Waals surface area contributed by atoms with Gasteiger partial charge in [0.15, 0.2) is 0 Å². The molecular formula is C18H15N3O3. The lowest BCUT2D eigenvalue weighted by molar-refractivity contribution is 0.0697. The minimum Gasteiger partial charge on any atom is -0.478 e. The number of carbonyl (C=O) groups is 1. The highest BCUT2D eigenvalue weighted by atomic mass is 16.4. The fraction of sp³-hybridized carbons (Fsp3) is 0.0556. The Morgan fingerprint density at radius 3 is 2.79 bits per heavy atom. The first-order valence-corrected chi connectivity index (χ1v) is 7.31. The van der Waals surface area contributed by atoms with Crippen LogP contribution < -0.4 is 10.9 Å². The first kappa shape index (κ1) is 15.5. The number of hydrogen-bond donors (Lipinski definition) is 2. The highest BCUT2D eigenvalue weighted by molar-refractivity contribution is 5.89. The quantitative estimate of drug-likeness (QED) is 0.706. The third-order valence-corrected chi connectivity index (χ3v) is 3.57. The maximum absolute atomic E-state index is 12.2. The zero-order valence-electron chi connectivity index (χ0n) is 12.8. The van der Waals surface area contributed by atoms with Crippen molar-refractivity contribution in [2.75, 3.05) is 5.32 Å². The Kier molecular flexibility index (Phi) is 4.11. The van der Waals surface area contributed by atoms with Crippen LogP contribution in [0.25, 0.3) is 10.9 Å². The molecule has 0 aliphatic rings. The number of nitrogens with zero attached hydrogens (tertiary/aromatic N) is 2. The molecule has 2 aromatic carbocycles. The van der Waals surface area contributed by atoms with Crippen LogP contribution in [-0.4, -0.2) is 20.6 Å². The summed E-state index contributed by atoms with van der Waals surface area (Å²) in [6.45, 7) is 4.19. The van der Waals surface area contributed by atoms with E-state index >= 15 is 0 Å². The Morgan fingerprint density at radius 1 is 1.25 bits per heavy atom. The molecule has 0 bridgehead atoms. The Balaban J connectivity index is 2.13. The van der Waals surface area contributed by atoms with Crippen LogP contribution in [0.3, 0.4) is 0 Å². The van der Waals surface area contributed by atoms with E-state index in [4.69, 9.17) is 5.11 Å². The number of aromatic carboxylic acids is 1. The van der Waals surface area contributed by atoms with Crippen LogP contribution in [0.1, 0.15) is 10.4 Å². The number of rotatable bonds is 5. The smallest absolute Gasteiger partial charge is 0.335 e. The van der Waals surface area contributed by atoms with Crippen molar-refractivity contribution in [2.24, 2.45) is 0 Å². The minimum absolute atomic E-state index is 0.151. The molecule has 0 amide bonds. The van der Waals surface area contributed by atoms with Crippen LogP contribution in [0.15, 0.2) is 66.0 Å². The van der Waals surface area contributed by atoms with Gasteiger partial charge < -0.3 is 15.0 Å². The average molecular weight is 321 g/mol. The predicted octanol–water partition coefficient (Wildman–Crippen LogP) is 3.02. The van der Waals surface area contributed by atoms with Crippen molar-refractivity contribution >= 4 is 28.5 Å². The fourth-order valence-electron chi connectivity index (χ4n) is 2.49. The lowest BCUT2D eigenvalue weighted by Crippen LogP contribution is -2.17. The monoisotopic (exact) mass is 321 g/mol. The summed E-state index contributed by atoms with van der Waals surface area (Å²) in [5.41, 5.74) is 1.07. The van der Waals surface area contributed by atoms with Gasteiger partial charge in [0.1, 0.15) is 0 Å². The first-order valence-electron chi connectivity index (χ1n) is 7.31. The summed E-state index contributed by atoms with van der Waals surface area (Å²) in [7, 11) is 0. The molecule has 6 nitrogen and oxygen atoms in total. The van der Waals surface area contributed by atoms with Gasteiger partial charge in [-0.05, 0) is 30.3 Å². The van der Waals surface area contributed by atoms with Gasteiger partial charge in [0, 0.05) is 12.2 Å². The van der Waals surface area contributed by atoms with E-state index in [1.54, 1.807) is 30.3 Å². The van der Waals surface area contributed by atoms with E-state index in [1.165, 1.54) is 12.1 Å². The largest absolute Gasteiger partial charge is 0.478 e. The van der Waals surface area contributed by atoms with Crippen LogP contribution in [0.4, 0.5) is 11.6 Å². The summed E-state index contributed by atoms with van der Waals surface area (Å²) >= 11 is 0. The zero-order chi connectivity index (χ0) is 17.1. The van der Waals surface area contributed by atoms with Crippen molar-refractivity contribution in [1.82, 2.24) is 9.55 Å². The van der Waals surface area contributed by atoms with Crippen molar-refractivity contribution < 1.29 is 9.90 Å². The minimum atomic E-state index is -1.02. The number of carboxylic acid groups (broad SMARTS) is 1. The van der Waals surface area contributed by atoms with E-state index in [1.807, 2.05) is 16.7 Å². The van der Waals surface area contributed by atoms with Crippen molar-refractivity contribution in [1.29, 1.82) is 0 Å². The summed E-state index contributed by atoms with van der Waals surface area (Å²) < 4.78 is 1.82. The molecule has 3 aromatic rings. The summed E-state index contributed by atoms with van der Waals surface area (Å²) in [5, 5.41) is 12.6. The van der Waals surface area contributed by atoms with Crippen molar-refractivity contribution in [3.63, 3.8) is 0 Å². The molecule has 0 saturated carbocycles. The first-order chi connectivity index (χ1) is 11.6. The third-order valence-electron chi connectivity index (χ3n) is 3.57. The van der Waals surface area contributed by atoms with E-state index in [-0.39, 0.29) is 11.1 Å². The number of benzene rings is 2. The Bertz CT molecular complexity index is 992. The number of fused-ring (bicyclic) bond motifs is 1. The summed E-state index contributed by atoms with van der Waals surface area (Å²) in [6.07, 6.45) is 1.71. The van der Waals surface area contributed by atoms with Gasteiger partial charge in [-0.2, -0.15) is 4.98 Å². The normalized spacial score (nSPS) is 10.5. The second kappa shape index (κ2) is 6.37. The number of carboxylic acids is 1. The topological polar surface area (TPSA) is 84.2 Å². The molecule has 0 fully saturated rings. The number of aromatic nitrogens is 2. The average Bonchev–Trinajstić information content (AvgIpc) is 2.58. The van der Waals surface area contributed by atoms with E-state index in [0.717, 1.165) is 5.52 Å². The van der Waals surface area contributed by atoms with Crippen molar-refractivity contribution in [2.45, 2.75) is 6.54 Å². The second-order valence-electron chi connectivity index (χ2n) is 5.17. The molecule has 1 heterocycles. The molecule has 24 heavy (non-hydrogen) atoms. The molecule has 0 atom stereocenters. The van der Waals surface area contributed by atoms with Gasteiger partial charge in [0.05, 0.1) is 16.5 Å². The molecule has 1 aromatic heterocycles. The summed E-state index contributed by atoms with van der Waals surface area (Å²) in [6, 6.07) is 13.5. The van der Waals surface area contributed by atoms with Gasteiger partial charge in [0.25, 0.3) is 5.56 Å². The molecule has 0 aliphatic carbocycles.